The molecule has 1 atom stereocenters. The van der Waals surface area contributed by atoms with Gasteiger partial charge in [-0.25, -0.2) is 8.42 Å². The van der Waals surface area contributed by atoms with E-state index < -0.39 is 28.5 Å². The lowest BCUT2D eigenvalue weighted by Crippen LogP contribution is -2.52. The molecule has 0 aliphatic carbocycles. The second-order valence-corrected chi connectivity index (χ2v) is 13.8. The molecule has 0 spiro atoms. The first kappa shape index (κ1) is 37.1. The second kappa shape index (κ2) is 16.4. The van der Waals surface area contributed by atoms with E-state index in [1.807, 2.05) is 13.8 Å². The summed E-state index contributed by atoms with van der Waals surface area (Å²) in [4.78, 5) is 29.0. The Kier molecular flexibility index (Phi) is 13.3. The van der Waals surface area contributed by atoms with Gasteiger partial charge in [-0.3, -0.25) is 13.9 Å². The van der Waals surface area contributed by atoms with Crippen molar-refractivity contribution in [3.63, 3.8) is 0 Å². The van der Waals surface area contributed by atoms with Crippen molar-refractivity contribution in [3.8, 4) is 17.2 Å². The maximum atomic E-state index is 14.4. The van der Waals surface area contributed by atoms with Gasteiger partial charge in [-0.05, 0) is 60.4 Å². The average molecular weight is 715 g/mol. The van der Waals surface area contributed by atoms with Crippen molar-refractivity contribution >= 4 is 62.3 Å². The largest absolute Gasteiger partial charge is 0.495 e. The summed E-state index contributed by atoms with van der Waals surface area (Å²) in [5.41, 5.74) is 0.532. The predicted octanol–water partition coefficient (Wildman–Crippen LogP) is 6.45. The molecule has 1 unspecified atom stereocenters. The van der Waals surface area contributed by atoms with Gasteiger partial charge in [-0.1, -0.05) is 61.6 Å². The highest BCUT2D eigenvalue weighted by atomic mass is 35.5. The van der Waals surface area contributed by atoms with Gasteiger partial charge in [0, 0.05) is 34.2 Å². The zero-order chi connectivity index (χ0) is 34.2. The summed E-state index contributed by atoms with van der Waals surface area (Å²) in [5.74, 6) is -0.273. The molecule has 14 heteroatoms. The molecule has 0 saturated carbocycles. The molecule has 1 N–H and O–H groups in total. The minimum atomic E-state index is -4.48. The van der Waals surface area contributed by atoms with Gasteiger partial charge in [0.2, 0.25) is 11.8 Å². The van der Waals surface area contributed by atoms with Crippen molar-refractivity contribution in [2.75, 3.05) is 38.7 Å². The van der Waals surface area contributed by atoms with E-state index in [1.165, 1.54) is 68.7 Å². The lowest BCUT2D eigenvalue weighted by Gasteiger charge is -2.34. The summed E-state index contributed by atoms with van der Waals surface area (Å²) < 4.78 is 45.8. The van der Waals surface area contributed by atoms with Gasteiger partial charge in [0.25, 0.3) is 10.0 Å². The number of amides is 2. The molecule has 250 valence electrons. The molecule has 0 aromatic heterocycles. The van der Waals surface area contributed by atoms with E-state index in [0.717, 1.165) is 4.31 Å². The molecule has 2 amide bonds. The fraction of sp³-hybridized carbons (Fsp3) is 0.375. The van der Waals surface area contributed by atoms with Gasteiger partial charge >= 0.3 is 0 Å². The van der Waals surface area contributed by atoms with Crippen molar-refractivity contribution in [2.24, 2.45) is 5.92 Å². The van der Waals surface area contributed by atoms with Gasteiger partial charge in [0.05, 0.1) is 31.9 Å². The number of hydrogen-bond acceptors (Lipinski definition) is 7. The smallest absolute Gasteiger partial charge is 0.265 e. The molecule has 3 aromatic carbocycles. The Morgan fingerprint density at radius 1 is 0.848 bits per heavy atom. The zero-order valence-corrected chi connectivity index (χ0v) is 29.6. The molecule has 0 radical (unpaired) electrons. The monoisotopic (exact) mass is 713 g/mol. The van der Waals surface area contributed by atoms with Crippen LogP contribution in [0.5, 0.6) is 17.2 Å². The fourth-order valence-corrected chi connectivity index (χ4v) is 6.72. The van der Waals surface area contributed by atoms with Crippen LogP contribution in [0.4, 0.5) is 5.69 Å². The first-order chi connectivity index (χ1) is 21.8. The highest BCUT2D eigenvalue weighted by Crippen LogP contribution is 2.37. The van der Waals surface area contributed by atoms with Gasteiger partial charge in [0.15, 0.2) is 11.5 Å². The quantitative estimate of drug-likeness (QED) is 0.193. The van der Waals surface area contributed by atoms with E-state index in [-0.39, 0.29) is 56.9 Å². The van der Waals surface area contributed by atoms with Crippen LogP contribution in [-0.2, 0) is 26.2 Å². The third-order valence-electron chi connectivity index (χ3n) is 7.06. The number of carbonyl (C=O) groups excluding carboxylic acids is 2. The van der Waals surface area contributed by atoms with Gasteiger partial charge in [0.1, 0.15) is 18.3 Å². The van der Waals surface area contributed by atoms with Crippen molar-refractivity contribution < 1.29 is 32.2 Å². The minimum Gasteiger partial charge on any atom is -0.495 e. The van der Waals surface area contributed by atoms with Crippen LogP contribution in [0.1, 0.15) is 32.8 Å². The Balaban J connectivity index is 2.18. The number of nitrogens with one attached hydrogen (secondary N) is 1. The number of sulfonamides is 1. The highest BCUT2D eigenvalue weighted by molar-refractivity contribution is 7.92. The summed E-state index contributed by atoms with van der Waals surface area (Å²) in [7, 11) is -0.304. The molecule has 3 aromatic rings. The van der Waals surface area contributed by atoms with Crippen LogP contribution in [-0.4, -0.2) is 65.6 Å². The molecule has 0 aliphatic rings. The van der Waals surface area contributed by atoms with E-state index in [2.05, 4.69) is 5.32 Å². The molecule has 3 rings (SSSR count). The normalized spacial score (nSPS) is 12.0. The zero-order valence-electron chi connectivity index (χ0n) is 26.5. The number of methoxy groups -OCH3 is 3. The SMILES string of the molecule is CCC(C(=O)NCC(C)C)N(Cc1ccc(Cl)cc1Cl)C(=O)CN(c1cc(Cl)ccc1OC)S(=O)(=O)c1ccc(OC)c(OC)c1. The molecule has 0 bridgehead atoms. The standard InChI is InChI=1S/C32H38Cl3N3O7S/c1-7-26(32(40)36-17-20(2)3)37(18-21-8-9-22(33)14-25(21)35)31(39)19-38(27-15-23(34)10-12-28(27)43-4)46(41,42)24-11-13-29(44-5)30(16-24)45-6/h8-16,20,26H,7,17-19H2,1-6H3,(H,36,40). The molecule has 46 heavy (non-hydrogen) atoms. The summed E-state index contributed by atoms with van der Waals surface area (Å²) in [5, 5.41) is 3.78. The van der Waals surface area contributed by atoms with Gasteiger partial charge in [-0.15, -0.1) is 0 Å². The second-order valence-electron chi connectivity index (χ2n) is 10.7. The Hall–Kier alpha value is -3.38. The molecule has 0 fully saturated rings. The number of carbonyl (C=O) groups is 2. The van der Waals surface area contributed by atoms with Crippen molar-refractivity contribution in [3.05, 3.63) is 75.2 Å². The van der Waals surface area contributed by atoms with E-state index in [9.17, 15) is 18.0 Å². The van der Waals surface area contributed by atoms with Crippen LogP contribution in [0.3, 0.4) is 0 Å². The summed E-state index contributed by atoms with van der Waals surface area (Å²) in [6.07, 6.45) is 0.240. The molecule has 0 aliphatic heterocycles. The summed E-state index contributed by atoms with van der Waals surface area (Å²) >= 11 is 18.9. The molecule has 0 saturated heterocycles. The predicted molar refractivity (Wildman–Crippen MR) is 181 cm³/mol. The van der Waals surface area contributed by atoms with Crippen LogP contribution in [0.15, 0.2) is 59.5 Å². The fourth-order valence-electron chi connectivity index (χ4n) is 4.65. The van der Waals surface area contributed by atoms with Crippen molar-refractivity contribution in [2.45, 2.75) is 44.7 Å². The summed E-state index contributed by atoms with van der Waals surface area (Å²) in [6.45, 7) is 5.24. The molecular weight excluding hydrogens is 677 g/mol. The number of ether oxygens (including phenoxy) is 3. The first-order valence-corrected chi connectivity index (χ1v) is 16.9. The Bertz CT molecular complexity index is 1650. The lowest BCUT2D eigenvalue weighted by molar-refractivity contribution is -0.140. The third-order valence-corrected chi connectivity index (χ3v) is 9.64. The number of benzene rings is 3. The van der Waals surface area contributed by atoms with Gasteiger partial charge < -0.3 is 24.4 Å². The number of rotatable bonds is 15. The van der Waals surface area contributed by atoms with E-state index in [4.69, 9.17) is 49.0 Å². The van der Waals surface area contributed by atoms with Crippen LogP contribution < -0.4 is 23.8 Å². The van der Waals surface area contributed by atoms with Crippen molar-refractivity contribution in [1.29, 1.82) is 0 Å². The van der Waals surface area contributed by atoms with E-state index in [0.29, 0.717) is 22.9 Å². The molecule has 10 nitrogen and oxygen atoms in total. The van der Waals surface area contributed by atoms with Crippen LogP contribution in [0.25, 0.3) is 0 Å². The third kappa shape index (κ3) is 8.90. The number of halogens is 3. The van der Waals surface area contributed by atoms with E-state index in [1.54, 1.807) is 19.1 Å². The highest BCUT2D eigenvalue weighted by Gasteiger charge is 2.35. The topological polar surface area (TPSA) is 114 Å². The Morgan fingerprint density at radius 3 is 2.04 bits per heavy atom. The Labute approximate surface area is 285 Å². The lowest BCUT2D eigenvalue weighted by atomic mass is 10.1. The first-order valence-electron chi connectivity index (χ1n) is 14.4. The van der Waals surface area contributed by atoms with Gasteiger partial charge in [-0.2, -0.15) is 0 Å². The molecular formula is C32H38Cl3N3O7S. The summed E-state index contributed by atoms with van der Waals surface area (Å²) in [6, 6.07) is 12.4. The van der Waals surface area contributed by atoms with Crippen LogP contribution in [0.2, 0.25) is 15.1 Å². The Morgan fingerprint density at radius 2 is 1.46 bits per heavy atom. The number of nitrogens with zero attached hydrogens (tertiary/aromatic N) is 2. The van der Waals surface area contributed by atoms with Crippen LogP contribution >= 0.6 is 34.8 Å². The van der Waals surface area contributed by atoms with Crippen LogP contribution in [0, 0.1) is 5.92 Å². The minimum absolute atomic E-state index is 0.0138. The average Bonchev–Trinajstić information content (AvgIpc) is 3.02. The number of hydrogen-bond donors (Lipinski definition) is 1. The maximum absolute atomic E-state index is 14.4. The van der Waals surface area contributed by atoms with Crippen molar-refractivity contribution in [1.82, 2.24) is 10.2 Å². The van der Waals surface area contributed by atoms with E-state index >= 15 is 0 Å². The molecule has 0 heterocycles. The maximum Gasteiger partial charge on any atom is 0.265 e. The number of anilines is 1.